The summed E-state index contributed by atoms with van der Waals surface area (Å²) in [6.07, 6.45) is 6.00. The van der Waals surface area contributed by atoms with E-state index in [0.717, 1.165) is 60.7 Å². The zero-order valence-corrected chi connectivity index (χ0v) is 16.5. The highest BCUT2D eigenvalue weighted by Crippen LogP contribution is 2.38. The number of hydrogen-bond acceptors (Lipinski definition) is 3. The van der Waals surface area contributed by atoms with Crippen LogP contribution in [0.1, 0.15) is 40.9 Å². The van der Waals surface area contributed by atoms with Gasteiger partial charge in [0.25, 0.3) is 0 Å². The van der Waals surface area contributed by atoms with Gasteiger partial charge in [0, 0.05) is 18.1 Å². The van der Waals surface area contributed by atoms with E-state index in [1.165, 1.54) is 46.1 Å². The van der Waals surface area contributed by atoms with E-state index in [1.54, 1.807) is 0 Å². The Morgan fingerprint density at radius 2 is 1.86 bits per heavy atom. The highest BCUT2D eigenvalue weighted by atomic mass is 32.2. The monoisotopic (exact) mass is 422 g/mol. The van der Waals surface area contributed by atoms with Gasteiger partial charge in [-0.1, -0.05) is 6.07 Å². The van der Waals surface area contributed by atoms with Gasteiger partial charge in [0.15, 0.2) is 0 Å². The number of halogens is 3. The van der Waals surface area contributed by atoms with Gasteiger partial charge in [-0.15, -0.1) is 0 Å². The number of urea groups is 1. The van der Waals surface area contributed by atoms with Crippen molar-refractivity contribution in [1.82, 2.24) is 14.3 Å². The van der Waals surface area contributed by atoms with Crippen molar-refractivity contribution in [2.24, 2.45) is 0 Å². The number of fused-ring (bicyclic) bond motifs is 2. The second-order valence-corrected chi connectivity index (χ2v) is 7.95. The zero-order valence-electron chi connectivity index (χ0n) is 15.7. The second-order valence-electron chi connectivity index (χ2n) is 7.24. The summed E-state index contributed by atoms with van der Waals surface area (Å²) in [7, 11) is 0. The molecule has 29 heavy (non-hydrogen) atoms. The average Bonchev–Trinajstić information content (AvgIpc) is 3.38. The molecule has 0 fully saturated rings. The summed E-state index contributed by atoms with van der Waals surface area (Å²) in [4.78, 5) is 16.3. The number of carbonyl (C=O) groups is 1. The molecular weight excluding hydrogens is 401 g/mol. The Hall–Kier alpha value is -2.42. The van der Waals surface area contributed by atoms with Crippen molar-refractivity contribution in [3.05, 3.63) is 51.9 Å². The number of amides is 2. The molecule has 2 aliphatic carbocycles. The van der Waals surface area contributed by atoms with E-state index >= 15 is 0 Å². The van der Waals surface area contributed by atoms with E-state index < -0.39 is 12.7 Å². The Morgan fingerprint density at radius 1 is 1.17 bits per heavy atom. The molecule has 1 heterocycles. The molecule has 0 spiro atoms. The molecule has 0 aliphatic heterocycles. The average molecular weight is 422 g/mol. The van der Waals surface area contributed by atoms with Crippen LogP contribution in [0.3, 0.4) is 0 Å². The van der Waals surface area contributed by atoms with E-state index in [-0.39, 0.29) is 11.9 Å². The van der Waals surface area contributed by atoms with Crippen molar-refractivity contribution in [3.8, 4) is 0 Å². The lowest BCUT2D eigenvalue weighted by atomic mass is 9.99. The maximum Gasteiger partial charge on any atom is 0.406 e. The number of anilines is 1. The van der Waals surface area contributed by atoms with Crippen LogP contribution in [0.4, 0.5) is 23.7 Å². The molecule has 0 saturated heterocycles. The van der Waals surface area contributed by atoms with Gasteiger partial charge in [0.1, 0.15) is 12.4 Å². The van der Waals surface area contributed by atoms with E-state index in [2.05, 4.69) is 21.1 Å². The van der Waals surface area contributed by atoms with Crippen LogP contribution in [0.25, 0.3) is 6.08 Å². The van der Waals surface area contributed by atoms with Gasteiger partial charge in [-0.05, 0) is 84.2 Å². The molecule has 154 valence electrons. The lowest BCUT2D eigenvalue weighted by Crippen LogP contribution is -2.24. The quantitative estimate of drug-likeness (QED) is 0.677. The van der Waals surface area contributed by atoms with Crippen molar-refractivity contribution < 1.29 is 18.0 Å². The molecule has 2 amide bonds. The highest BCUT2D eigenvalue weighted by Gasteiger charge is 2.28. The smallest absolute Gasteiger partial charge is 0.322 e. The third-order valence-electron chi connectivity index (χ3n) is 5.25. The van der Waals surface area contributed by atoms with E-state index in [9.17, 15) is 18.0 Å². The molecule has 1 aromatic carbocycles. The van der Waals surface area contributed by atoms with Crippen molar-refractivity contribution in [3.63, 3.8) is 0 Å². The van der Waals surface area contributed by atoms with Gasteiger partial charge < -0.3 is 9.88 Å². The third-order valence-corrected chi connectivity index (χ3v) is 5.82. The molecule has 2 aliphatic rings. The number of aryl methyl sites for hydroxylation is 2. The van der Waals surface area contributed by atoms with Crippen molar-refractivity contribution in [2.45, 2.75) is 51.2 Å². The predicted octanol–water partition coefficient (Wildman–Crippen LogP) is 4.86. The lowest BCUT2D eigenvalue weighted by molar-refractivity contribution is -0.140. The van der Waals surface area contributed by atoms with Gasteiger partial charge >= 0.3 is 12.2 Å². The summed E-state index contributed by atoms with van der Waals surface area (Å²) in [5.41, 5.74) is 6.12. The van der Waals surface area contributed by atoms with Crippen LogP contribution in [0.5, 0.6) is 0 Å². The topological polar surface area (TPSA) is 59.0 Å². The summed E-state index contributed by atoms with van der Waals surface area (Å²) in [5, 5.41) is 4.51. The molecule has 4 rings (SSSR count). The largest absolute Gasteiger partial charge is 0.406 e. The normalized spacial score (nSPS) is 15.6. The van der Waals surface area contributed by atoms with Gasteiger partial charge in [0.05, 0.1) is 0 Å². The van der Waals surface area contributed by atoms with Gasteiger partial charge in [-0.25, -0.2) is 9.78 Å². The first-order valence-corrected chi connectivity index (χ1v) is 10.4. The number of aromatic nitrogens is 2. The summed E-state index contributed by atoms with van der Waals surface area (Å²) in [5.74, 6) is 0.177. The maximum absolute atomic E-state index is 12.5. The van der Waals surface area contributed by atoms with Crippen molar-refractivity contribution >= 4 is 29.7 Å². The molecule has 2 aromatic rings. The predicted molar refractivity (Wildman–Crippen MR) is 108 cm³/mol. The first kappa shape index (κ1) is 19.9. The molecule has 5 nitrogen and oxygen atoms in total. The number of benzene rings is 1. The molecule has 2 N–H and O–H groups in total. The SMILES string of the molecule is O=C(NS/C=C/c1nccn1CC(F)(F)F)Nc1c2c(cc3c1CCC3)CCC2. The van der Waals surface area contributed by atoms with Gasteiger partial charge in [0.2, 0.25) is 0 Å². The maximum atomic E-state index is 12.5. The summed E-state index contributed by atoms with van der Waals surface area (Å²) >= 11 is 0.995. The fraction of sp³-hybridized carbons (Fsp3) is 0.400. The van der Waals surface area contributed by atoms with E-state index in [1.807, 2.05) is 0 Å². The van der Waals surface area contributed by atoms with Crippen LogP contribution in [-0.2, 0) is 32.2 Å². The number of alkyl halides is 3. The molecule has 0 saturated carbocycles. The Morgan fingerprint density at radius 3 is 2.52 bits per heavy atom. The Balaban J connectivity index is 1.37. The van der Waals surface area contributed by atoms with Gasteiger partial charge in [-0.3, -0.25) is 4.72 Å². The number of imidazole rings is 1. The summed E-state index contributed by atoms with van der Waals surface area (Å²) in [6, 6.07) is 1.96. The Kier molecular flexibility index (Phi) is 5.58. The van der Waals surface area contributed by atoms with Crippen LogP contribution < -0.4 is 10.0 Å². The van der Waals surface area contributed by atoms with Crippen LogP contribution in [0, 0.1) is 0 Å². The minimum Gasteiger partial charge on any atom is -0.322 e. The lowest BCUT2D eigenvalue weighted by Gasteiger charge is -2.16. The highest BCUT2D eigenvalue weighted by molar-refractivity contribution is 8.00. The second kappa shape index (κ2) is 8.14. The number of rotatable bonds is 5. The van der Waals surface area contributed by atoms with Crippen LogP contribution in [-0.4, -0.2) is 21.8 Å². The van der Waals surface area contributed by atoms with Crippen LogP contribution >= 0.6 is 11.9 Å². The zero-order chi connectivity index (χ0) is 20.4. The van der Waals surface area contributed by atoms with E-state index in [0.29, 0.717) is 0 Å². The van der Waals surface area contributed by atoms with Crippen LogP contribution in [0.2, 0.25) is 0 Å². The summed E-state index contributed by atoms with van der Waals surface area (Å²) < 4.78 is 41.3. The third kappa shape index (κ3) is 4.60. The molecule has 0 unspecified atom stereocenters. The number of nitrogens with zero attached hydrogens (tertiary/aromatic N) is 2. The minimum atomic E-state index is -4.31. The fourth-order valence-corrected chi connectivity index (χ4v) is 4.51. The summed E-state index contributed by atoms with van der Waals surface area (Å²) in [6.45, 7) is -1.10. The number of nitrogens with one attached hydrogen (secondary N) is 2. The minimum absolute atomic E-state index is 0.177. The first-order chi connectivity index (χ1) is 13.9. The number of hydrogen-bond donors (Lipinski definition) is 2. The van der Waals surface area contributed by atoms with E-state index in [4.69, 9.17) is 0 Å². The van der Waals surface area contributed by atoms with Crippen LogP contribution in [0.15, 0.2) is 23.9 Å². The Labute approximate surface area is 170 Å². The molecule has 0 atom stereocenters. The fourth-order valence-electron chi connectivity index (χ4n) is 4.09. The molecule has 0 bridgehead atoms. The molecular formula is C20H21F3N4OS. The Bertz CT molecular complexity index is 920. The first-order valence-electron chi connectivity index (χ1n) is 9.54. The molecule has 1 aromatic heterocycles. The number of carbonyl (C=O) groups excluding carboxylic acids is 1. The van der Waals surface area contributed by atoms with Gasteiger partial charge in [-0.2, -0.15) is 13.2 Å². The van der Waals surface area contributed by atoms with Crippen molar-refractivity contribution in [1.29, 1.82) is 0 Å². The molecule has 9 heteroatoms. The standard InChI is InChI=1S/C20H21F3N4OS/c21-20(22,23)12-27-9-8-24-17(27)7-10-29-26-19(28)25-18-15-5-1-3-13(15)11-14-4-2-6-16(14)18/h7-11H,1-6,12H2,(H2,25,26,28)/b10-7+. The molecule has 0 radical (unpaired) electrons. The van der Waals surface area contributed by atoms with Crippen molar-refractivity contribution in [2.75, 3.05) is 5.32 Å².